The second-order valence-electron chi connectivity index (χ2n) is 6.08. The molecule has 0 atom stereocenters. The van der Waals surface area contributed by atoms with Crippen LogP contribution in [0.2, 0.25) is 0 Å². The van der Waals surface area contributed by atoms with E-state index >= 15 is 0 Å². The highest BCUT2D eigenvalue weighted by atomic mass is 15.3. The van der Waals surface area contributed by atoms with Crippen LogP contribution in [-0.2, 0) is 0 Å². The van der Waals surface area contributed by atoms with Crippen molar-refractivity contribution in [3.63, 3.8) is 0 Å². The van der Waals surface area contributed by atoms with Gasteiger partial charge in [-0.05, 0) is 31.9 Å². The van der Waals surface area contributed by atoms with E-state index in [4.69, 9.17) is 0 Å². The van der Waals surface area contributed by atoms with Gasteiger partial charge in [-0.25, -0.2) is 0 Å². The summed E-state index contributed by atoms with van der Waals surface area (Å²) < 4.78 is 0. The molecule has 3 rings (SSSR count). The summed E-state index contributed by atoms with van der Waals surface area (Å²) in [5.41, 5.74) is 5.70. The first kappa shape index (κ1) is 12.9. The first-order valence-electron chi connectivity index (χ1n) is 7.43. The summed E-state index contributed by atoms with van der Waals surface area (Å²) in [5.74, 6) is 0. The molecule has 0 radical (unpaired) electrons. The van der Waals surface area contributed by atoms with Crippen molar-refractivity contribution in [3.8, 4) is 0 Å². The molecule has 1 N–H and O–H groups in total. The number of hydrogen-bond acceptors (Lipinski definition) is 3. The number of nitrogens with one attached hydrogen (secondary N) is 1. The van der Waals surface area contributed by atoms with E-state index in [2.05, 4.69) is 48.0 Å². The van der Waals surface area contributed by atoms with Gasteiger partial charge in [0.25, 0.3) is 0 Å². The summed E-state index contributed by atoms with van der Waals surface area (Å²) >= 11 is 0. The number of benzene rings is 1. The lowest BCUT2D eigenvalue weighted by Crippen LogP contribution is -2.61. The van der Waals surface area contributed by atoms with Gasteiger partial charge in [0.15, 0.2) is 0 Å². The van der Waals surface area contributed by atoms with Crippen molar-refractivity contribution in [1.82, 2.24) is 10.2 Å². The molecule has 0 spiro atoms. The Balaban J connectivity index is 1.71. The molecule has 2 aliphatic rings. The van der Waals surface area contributed by atoms with Crippen LogP contribution < -0.4 is 10.2 Å². The van der Waals surface area contributed by atoms with Crippen molar-refractivity contribution in [2.24, 2.45) is 0 Å². The van der Waals surface area contributed by atoms with Crippen molar-refractivity contribution in [2.45, 2.75) is 26.8 Å². The molecule has 2 aliphatic heterocycles. The molecule has 0 unspecified atom stereocenters. The Bertz CT molecular complexity index is 434. The molecule has 0 bridgehead atoms. The second kappa shape index (κ2) is 5.14. The molecule has 0 amide bonds. The molecule has 2 saturated heterocycles. The molecule has 2 fully saturated rings. The van der Waals surface area contributed by atoms with Gasteiger partial charge >= 0.3 is 0 Å². The zero-order valence-corrected chi connectivity index (χ0v) is 12.4. The van der Waals surface area contributed by atoms with Gasteiger partial charge in [0, 0.05) is 51.0 Å². The molecule has 1 aromatic carbocycles. The fraction of sp³-hybridized carbons (Fsp3) is 0.625. The minimum absolute atomic E-state index is 0.794. The van der Waals surface area contributed by atoms with E-state index in [1.807, 2.05) is 0 Å². The standard InChI is InChI=1S/C16H25N3/c1-12-8-13(2)16(14(3)9-12)19-6-4-18(5-7-19)15-10-17-11-15/h8-9,15,17H,4-7,10-11H2,1-3H3. The summed E-state index contributed by atoms with van der Waals surface area (Å²) in [6, 6.07) is 5.41. The zero-order valence-electron chi connectivity index (χ0n) is 12.4. The maximum atomic E-state index is 3.37. The van der Waals surface area contributed by atoms with E-state index in [9.17, 15) is 0 Å². The number of rotatable bonds is 2. The maximum Gasteiger partial charge on any atom is 0.0426 e. The molecule has 104 valence electrons. The highest BCUT2D eigenvalue weighted by Gasteiger charge is 2.28. The number of anilines is 1. The summed E-state index contributed by atoms with van der Waals surface area (Å²) in [7, 11) is 0. The number of nitrogens with zero attached hydrogens (tertiary/aromatic N) is 2. The lowest BCUT2D eigenvalue weighted by molar-refractivity contribution is 0.138. The van der Waals surface area contributed by atoms with Crippen molar-refractivity contribution in [2.75, 3.05) is 44.2 Å². The molecular weight excluding hydrogens is 234 g/mol. The van der Waals surface area contributed by atoms with Gasteiger partial charge in [0.2, 0.25) is 0 Å². The summed E-state index contributed by atoms with van der Waals surface area (Å²) in [6.45, 7) is 13.8. The van der Waals surface area contributed by atoms with Crippen LogP contribution >= 0.6 is 0 Å². The van der Waals surface area contributed by atoms with Crippen molar-refractivity contribution >= 4 is 5.69 Å². The van der Waals surface area contributed by atoms with Crippen LogP contribution in [0.15, 0.2) is 12.1 Å². The van der Waals surface area contributed by atoms with Gasteiger partial charge in [-0.2, -0.15) is 0 Å². The Morgan fingerprint density at radius 3 is 2.00 bits per heavy atom. The Kier molecular flexibility index (Phi) is 3.50. The number of piperazine rings is 1. The molecule has 0 aromatic heterocycles. The van der Waals surface area contributed by atoms with Crippen LogP contribution in [-0.4, -0.2) is 50.2 Å². The van der Waals surface area contributed by atoms with Gasteiger partial charge in [0.05, 0.1) is 0 Å². The predicted molar refractivity (Wildman–Crippen MR) is 81.1 cm³/mol. The van der Waals surface area contributed by atoms with E-state index < -0.39 is 0 Å². The van der Waals surface area contributed by atoms with Crippen LogP contribution in [0.25, 0.3) is 0 Å². The minimum Gasteiger partial charge on any atom is -0.369 e. The quantitative estimate of drug-likeness (QED) is 0.872. The largest absolute Gasteiger partial charge is 0.369 e. The van der Waals surface area contributed by atoms with Crippen LogP contribution in [0.4, 0.5) is 5.69 Å². The monoisotopic (exact) mass is 259 g/mol. The summed E-state index contributed by atoms with van der Waals surface area (Å²) in [4.78, 5) is 5.22. The van der Waals surface area contributed by atoms with Crippen molar-refractivity contribution in [1.29, 1.82) is 0 Å². The summed E-state index contributed by atoms with van der Waals surface area (Å²) in [6.07, 6.45) is 0. The van der Waals surface area contributed by atoms with E-state index in [0.717, 1.165) is 6.04 Å². The smallest absolute Gasteiger partial charge is 0.0426 e. The fourth-order valence-corrected chi connectivity index (χ4v) is 3.51. The van der Waals surface area contributed by atoms with E-state index in [0.29, 0.717) is 0 Å². The third kappa shape index (κ3) is 2.49. The third-order valence-electron chi connectivity index (χ3n) is 4.54. The Hall–Kier alpha value is -1.06. The second-order valence-corrected chi connectivity index (χ2v) is 6.08. The van der Waals surface area contributed by atoms with Crippen LogP contribution in [0.1, 0.15) is 16.7 Å². The first-order chi connectivity index (χ1) is 9.15. The lowest BCUT2D eigenvalue weighted by Gasteiger charge is -2.44. The van der Waals surface area contributed by atoms with Gasteiger partial charge in [-0.3, -0.25) is 4.90 Å². The van der Waals surface area contributed by atoms with Crippen molar-refractivity contribution in [3.05, 3.63) is 28.8 Å². The Morgan fingerprint density at radius 1 is 0.947 bits per heavy atom. The van der Waals surface area contributed by atoms with Crippen molar-refractivity contribution < 1.29 is 0 Å². The highest BCUT2D eigenvalue weighted by molar-refractivity contribution is 5.60. The molecule has 3 heteroatoms. The zero-order chi connectivity index (χ0) is 13.4. The van der Waals surface area contributed by atoms with E-state index in [1.54, 1.807) is 0 Å². The average molecular weight is 259 g/mol. The first-order valence-corrected chi connectivity index (χ1v) is 7.43. The number of aryl methyl sites for hydroxylation is 3. The molecular formula is C16H25N3. The fourth-order valence-electron chi connectivity index (χ4n) is 3.51. The molecule has 0 aliphatic carbocycles. The number of hydrogen-bond donors (Lipinski definition) is 1. The minimum atomic E-state index is 0.794. The van der Waals surface area contributed by atoms with E-state index in [1.165, 1.54) is 61.6 Å². The third-order valence-corrected chi connectivity index (χ3v) is 4.54. The van der Waals surface area contributed by atoms with Crippen LogP contribution in [0, 0.1) is 20.8 Å². The van der Waals surface area contributed by atoms with Gasteiger partial charge < -0.3 is 10.2 Å². The van der Waals surface area contributed by atoms with Gasteiger partial charge in [-0.1, -0.05) is 17.7 Å². The predicted octanol–water partition coefficient (Wildman–Crippen LogP) is 1.71. The Morgan fingerprint density at radius 2 is 1.53 bits per heavy atom. The average Bonchev–Trinajstić information content (AvgIpc) is 2.27. The van der Waals surface area contributed by atoms with Gasteiger partial charge in [0.1, 0.15) is 0 Å². The lowest BCUT2D eigenvalue weighted by atomic mass is 10.0. The highest BCUT2D eigenvalue weighted by Crippen LogP contribution is 2.27. The normalized spacial score (nSPS) is 21.5. The molecule has 0 saturated carbocycles. The van der Waals surface area contributed by atoms with E-state index in [-0.39, 0.29) is 0 Å². The maximum absolute atomic E-state index is 3.37. The summed E-state index contributed by atoms with van der Waals surface area (Å²) in [5, 5.41) is 3.37. The van der Waals surface area contributed by atoms with Crippen LogP contribution in [0.5, 0.6) is 0 Å². The molecule has 19 heavy (non-hydrogen) atoms. The van der Waals surface area contributed by atoms with Crippen LogP contribution in [0.3, 0.4) is 0 Å². The molecule has 2 heterocycles. The SMILES string of the molecule is Cc1cc(C)c(N2CCN(C3CNC3)CC2)c(C)c1. The molecule has 3 nitrogen and oxygen atoms in total. The topological polar surface area (TPSA) is 18.5 Å². The van der Waals surface area contributed by atoms with Gasteiger partial charge in [-0.15, -0.1) is 0 Å². The Labute approximate surface area is 116 Å². The molecule has 1 aromatic rings.